The Balaban J connectivity index is 2.05. The van der Waals surface area contributed by atoms with Crippen LogP contribution in [0.3, 0.4) is 0 Å². The molecule has 25 heavy (non-hydrogen) atoms. The number of nitrogens with zero attached hydrogens (tertiary/aromatic N) is 1. The second kappa shape index (κ2) is 7.77. The van der Waals surface area contributed by atoms with Crippen molar-refractivity contribution >= 4 is 28.8 Å². The van der Waals surface area contributed by atoms with Crippen LogP contribution >= 0.6 is 11.6 Å². The average molecular weight is 350 g/mol. The zero-order chi connectivity index (χ0) is 17.6. The van der Waals surface area contributed by atoms with Crippen molar-refractivity contribution < 1.29 is 9.53 Å². The van der Waals surface area contributed by atoms with Gasteiger partial charge in [-0.05, 0) is 48.5 Å². The molecule has 0 spiro atoms. The van der Waals surface area contributed by atoms with Crippen LogP contribution in [0, 0.1) is 0 Å². The van der Waals surface area contributed by atoms with Gasteiger partial charge in [0, 0.05) is 16.1 Å². The van der Waals surface area contributed by atoms with Crippen molar-refractivity contribution in [2.75, 3.05) is 7.11 Å². The molecular weight excluding hydrogens is 334 g/mol. The van der Waals surface area contributed by atoms with E-state index in [0.29, 0.717) is 33.3 Å². The molecule has 4 heteroatoms. The van der Waals surface area contributed by atoms with E-state index in [1.54, 1.807) is 55.6 Å². The topological polar surface area (TPSA) is 38.7 Å². The van der Waals surface area contributed by atoms with Crippen molar-refractivity contribution in [3.05, 3.63) is 95.0 Å². The third-order valence-corrected chi connectivity index (χ3v) is 3.93. The number of rotatable bonds is 5. The molecule has 0 saturated carbocycles. The fraction of sp³-hybridized carbons (Fsp3) is 0.0476. The van der Waals surface area contributed by atoms with Gasteiger partial charge in [0.05, 0.1) is 12.8 Å². The van der Waals surface area contributed by atoms with Gasteiger partial charge in [-0.2, -0.15) is 0 Å². The molecule has 0 unspecified atom stereocenters. The standard InChI is InChI=1S/C21H16ClNO2/c1-25-19-13-9-16(10-14-19)21(24)20(15-7-11-17(22)12-8-15)23-18-5-3-2-4-6-18/h2-14H,1H3. The molecule has 3 aromatic carbocycles. The SMILES string of the molecule is COc1ccc(C(=O)C(=Nc2ccccc2)c2ccc(Cl)cc2)cc1. The molecule has 0 radical (unpaired) electrons. The maximum absolute atomic E-state index is 13.0. The van der Waals surface area contributed by atoms with E-state index in [0.717, 1.165) is 0 Å². The molecule has 3 nitrogen and oxygen atoms in total. The molecule has 0 N–H and O–H groups in total. The second-order valence-electron chi connectivity index (χ2n) is 5.36. The van der Waals surface area contributed by atoms with Crippen LogP contribution in [0.1, 0.15) is 15.9 Å². The maximum Gasteiger partial charge on any atom is 0.211 e. The summed E-state index contributed by atoms with van der Waals surface area (Å²) < 4.78 is 5.15. The van der Waals surface area contributed by atoms with Gasteiger partial charge < -0.3 is 4.74 Å². The summed E-state index contributed by atoms with van der Waals surface area (Å²) in [6.45, 7) is 0. The van der Waals surface area contributed by atoms with Gasteiger partial charge in [-0.3, -0.25) is 4.79 Å². The Morgan fingerprint density at radius 3 is 2.04 bits per heavy atom. The van der Waals surface area contributed by atoms with Gasteiger partial charge in [0.1, 0.15) is 11.5 Å². The number of ether oxygens (including phenoxy) is 1. The Labute approximate surface area is 151 Å². The summed E-state index contributed by atoms with van der Waals surface area (Å²) in [6, 6.07) is 23.5. The minimum atomic E-state index is -0.158. The molecule has 0 heterocycles. The van der Waals surface area contributed by atoms with E-state index in [-0.39, 0.29) is 5.78 Å². The van der Waals surface area contributed by atoms with Gasteiger partial charge in [-0.25, -0.2) is 4.99 Å². The van der Waals surface area contributed by atoms with Crippen LogP contribution in [0.4, 0.5) is 5.69 Å². The highest BCUT2D eigenvalue weighted by Gasteiger charge is 2.17. The van der Waals surface area contributed by atoms with Gasteiger partial charge in [0.2, 0.25) is 5.78 Å². The molecule has 0 aliphatic rings. The number of Topliss-reactive ketones (excluding diaryl/α,β-unsaturated/α-hetero) is 1. The molecule has 124 valence electrons. The highest BCUT2D eigenvalue weighted by atomic mass is 35.5. The number of methoxy groups -OCH3 is 1. The minimum Gasteiger partial charge on any atom is -0.497 e. The van der Waals surface area contributed by atoms with Crippen LogP contribution in [0.5, 0.6) is 5.75 Å². The van der Waals surface area contributed by atoms with Crippen LogP contribution in [0.2, 0.25) is 5.02 Å². The van der Waals surface area contributed by atoms with E-state index >= 15 is 0 Å². The Hall–Kier alpha value is -2.91. The first kappa shape index (κ1) is 16.9. The van der Waals surface area contributed by atoms with Crippen molar-refractivity contribution in [3.63, 3.8) is 0 Å². The van der Waals surface area contributed by atoms with Crippen LogP contribution < -0.4 is 4.74 Å². The first-order chi connectivity index (χ1) is 12.2. The summed E-state index contributed by atoms with van der Waals surface area (Å²) in [6.07, 6.45) is 0. The molecule has 0 aliphatic carbocycles. The van der Waals surface area contributed by atoms with Crippen molar-refractivity contribution in [2.24, 2.45) is 4.99 Å². The van der Waals surface area contributed by atoms with E-state index in [9.17, 15) is 4.79 Å². The zero-order valence-electron chi connectivity index (χ0n) is 13.6. The molecule has 0 amide bonds. The van der Waals surface area contributed by atoms with Gasteiger partial charge in [-0.1, -0.05) is 41.9 Å². The second-order valence-corrected chi connectivity index (χ2v) is 5.80. The molecule has 0 aliphatic heterocycles. The highest BCUT2D eigenvalue weighted by Crippen LogP contribution is 2.19. The third kappa shape index (κ3) is 4.14. The van der Waals surface area contributed by atoms with Crippen molar-refractivity contribution in [1.82, 2.24) is 0 Å². The lowest BCUT2D eigenvalue weighted by atomic mass is 10.0. The summed E-state index contributed by atoms with van der Waals surface area (Å²) in [4.78, 5) is 17.6. The molecule has 0 bridgehead atoms. The van der Waals surface area contributed by atoms with Crippen molar-refractivity contribution in [1.29, 1.82) is 0 Å². The third-order valence-electron chi connectivity index (χ3n) is 3.68. The fourth-order valence-corrected chi connectivity index (χ4v) is 2.49. The van der Waals surface area contributed by atoms with Crippen LogP contribution in [0.25, 0.3) is 0 Å². The van der Waals surface area contributed by atoms with Gasteiger partial charge >= 0.3 is 0 Å². The molecule has 0 atom stereocenters. The molecule has 3 aromatic rings. The number of benzene rings is 3. The molecule has 0 fully saturated rings. The Bertz CT molecular complexity index is 885. The summed E-state index contributed by atoms with van der Waals surface area (Å²) in [5.41, 5.74) is 2.35. The van der Waals surface area contributed by atoms with Gasteiger partial charge in [0.25, 0.3) is 0 Å². The molecule has 0 saturated heterocycles. The Morgan fingerprint density at radius 1 is 0.840 bits per heavy atom. The number of para-hydroxylation sites is 1. The predicted molar refractivity (Wildman–Crippen MR) is 101 cm³/mol. The number of carbonyl (C=O) groups is 1. The monoisotopic (exact) mass is 349 g/mol. The molecule has 3 rings (SSSR count). The highest BCUT2D eigenvalue weighted by molar-refractivity contribution is 6.51. The zero-order valence-corrected chi connectivity index (χ0v) is 14.4. The van der Waals surface area contributed by atoms with Gasteiger partial charge in [0.15, 0.2) is 0 Å². The number of halogens is 1. The summed E-state index contributed by atoms with van der Waals surface area (Å²) in [5.74, 6) is 0.540. The van der Waals surface area contributed by atoms with Crippen LogP contribution in [-0.4, -0.2) is 18.6 Å². The number of ketones is 1. The van der Waals surface area contributed by atoms with Crippen LogP contribution in [0.15, 0.2) is 83.9 Å². The van der Waals surface area contributed by atoms with E-state index in [1.165, 1.54) is 0 Å². The summed E-state index contributed by atoms with van der Waals surface area (Å²) >= 11 is 5.97. The largest absolute Gasteiger partial charge is 0.497 e. The normalized spacial score (nSPS) is 11.2. The van der Waals surface area contributed by atoms with E-state index in [4.69, 9.17) is 16.3 Å². The predicted octanol–water partition coefficient (Wildman–Crippen LogP) is 5.35. The smallest absolute Gasteiger partial charge is 0.211 e. The minimum absolute atomic E-state index is 0.158. The number of hydrogen-bond acceptors (Lipinski definition) is 3. The summed E-state index contributed by atoms with van der Waals surface area (Å²) in [5, 5.41) is 0.611. The average Bonchev–Trinajstić information content (AvgIpc) is 2.67. The first-order valence-corrected chi connectivity index (χ1v) is 8.13. The van der Waals surface area contributed by atoms with Gasteiger partial charge in [-0.15, -0.1) is 0 Å². The Kier molecular flexibility index (Phi) is 5.26. The van der Waals surface area contributed by atoms with E-state index < -0.39 is 0 Å². The first-order valence-electron chi connectivity index (χ1n) is 7.76. The lowest BCUT2D eigenvalue weighted by Crippen LogP contribution is -2.15. The van der Waals surface area contributed by atoms with E-state index in [2.05, 4.69) is 4.99 Å². The summed E-state index contributed by atoms with van der Waals surface area (Å²) in [7, 11) is 1.59. The fourth-order valence-electron chi connectivity index (χ4n) is 2.36. The quantitative estimate of drug-likeness (QED) is 0.460. The van der Waals surface area contributed by atoms with Crippen molar-refractivity contribution in [3.8, 4) is 5.75 Å². The van der Waals surface area contributed by atoms with Crippen molar-refractivity contribution in [2.45, 2.75) is 0 Å². The molecule has 0 aromatic heterocycles. The van der Waals surface area contributed by atoms with Crippen LogP contribution in [-0.2, 0) is 0 Å². The number of hydrogen-bond donors (Lipinski definition) is 0. The Morgan fingerprint density at radius 2 is 1.44 bits per heavy atom. The molecular formula is C21H16ClNO2. The lowest BCUT2D eigenvalue weighted by molar-refractivity contribution is 0.106. The van der Waals surface area contributed by atoms with E-state index in [1.807, 2.05) is 30.3 Å². The number of aliphatic imine (C=N–C) groups is 1. The maximum atomic E-state index is 13.0. The lowest BCUT2D eigenvalue weighted by Gasteiger charge is -2.08. The number of carbonyl (C=O) groups excluding carboxylic acids is 1.